The van der Waals surface area contributed by atoms with Gasteiger partial charge in [0.2, 0.25) is 0 Å². The van der Waals surface area contributed by atoms with Crippen molar-refractivity contribution in [3.8, 4) is 0 Å². The van der Waals surface area contributed by atoms with Gasteiger partial charge in [-0.15, -0.1) is 0 Å². The van der Waals surface area contributed by atoms with Crippen molar-refractivity contribution < 1.29 is 14.6 Å². The van der Waals surface area contributed by atoms with Gasteiger partial charge in [-0.2, -0.15) is 0 Å². The minimum atomic E-state index is -0.367. The Bertz CT molecular complexity index is 439. The van der Waals surface area contributed by atoms with Crippen LogP contribution in [0.3, 0.4) is 0 Å². The molecule has 0 aromatic heterocycles. The first-order chi connectivity index (χ1) is 8.43. The first kappa shape index (κ1) is 11.4. The number of fused-ring (bicyclic) bond motifs is 2. The first-order valence-corrected chi connectivity index (χ1v) is 7.08. The smallest absolute Gasteiger partial charge is 0.126 e. The predicted molar refractivity (Wildman–Crippen MR) is 67.2 cm³/mol. The fourth-order valence-corrected chi connectivity index (χ4v) is 4.86. The summed E-state index contributed by atoms with van der Waals surface area (Å²) >= 11 is 0. The van der Waals surface area contributed by atoms with Gasteiger partial charge < -0.3 is 14.6 Å². The monoisotopic (exact) mass is 250 g/mol. The Morgan fingerprint density at radius 3 is 2.78 bits per heavy atom. The normalized spacial score (nSPS) is 61.6. The summed E-state index contributed by atoms with van der Waals surface area (Å²) in [6.45, 7) is 7.59. The Labute approximate surface area is 108 Å². The zero-order valence-electron chi connectivity index (χ0n) is 11.4. The van der Waals surface area contributed by atoms with E-state index in [2.05, 4.69) is 26.8 Å². The molecular formula is C15H22O3. The van der Waals surface area contributed by atoms with Gasteiger partial charge in [0.15, 0.2) is 0 Å². The second kappa shape index (κ2) is 3.02. The molecule has 100 valence electrons. The van der Waals surface area contributed by atoms with Gasteiger partial charge in [-0.1, -0.05) is 25.5 Å². The maximum Gasteiger partial charge on any atom is 0.126 e. The molecule has 1 unspecified atom stereocenters. The van der Waals surface area contributed by atoms with Crippen LogP contribution in [0.15, 0.2) is 11.6 Å². The number of ether oxygens (including phenoxy) is 2. The summed E-state index contributed by atoms with van der Waals surface area (Å²) in [6, 6.07) is 0. The fourth-order valence-electron chi connectivity index (χ4n) is 4.86. The van der Waals surface area contributed by atoms with E-state index in [9.17, 15) is 5.11 Å². The molecule has 0 amide bonds. The molecule has 3 nitrogen and oxygen atoms in total. The van der Waals surface area contributed by atoms with Crippen molar-refractivity contribution in [1.82, 2.24) is 0 Å². The molecule has 0 aromatic carbocycles. The van der Waals surface area contributed by atoms with E-state index in [-0.39, 0.29) is 34.7 Å². The van der Waals surface area contributed by atoms with Gasteiger partial charge in [0.25, 0.3) is 0 Å². The molecule has 4 rings (SSSR count). The Morgan fingerprint density at radius 2 is 2.11 bits per heavy atom. The number of epoxide rings is 1. The molecule has 1 saturated carbocycles. The summed E-state index contributed by atoms with van der Waals surface area (Å²) in [5, 5.41) is 10.3. The van der Waals surface area contributed by atoms with E-state index in [1.165, 1.54) is 5.57 Å². The van der Waals surface area contributed by atoms with Gasteiger partial charge in [-0.3, -0.25) is 0 Å². The minimum Gasteiger partial charge on any atom is -0.390 e. The molecule has 3 fully saturated rings. The third-order valence-electron chi connectivity index (χ3n) is 6.47. The van der Waals surface area contributed by atoms with Crippen LogP contribution >= 0.6 is 0 Å². The number of hydrogen-bond donors (Lipinski definition) is 1. The van der Waals surface area contributed by atoms with Crippen molar-refractivity contribution in [3.05, 3.63) is 11.6 Å². The van der Waals surface area contributed by atoms with E-state index < -0.39 is 0 Å². The van der Waals surface area contributed by atoms with E-state index >= 15 is 0 Å². The maximum atomic E-state index is 10.3. The molecule has 3 heteroatoms. The van der Waals surface area contributed by atoms with Crippen LogP contribution in [-0.4, -0.2) is 35.6 Å². The van der Waals surface area contributed by atoms with Gasteiger partial charge in [-0.25, -0.2) is 0 Å². The van der Waals surface area contributed by atoms with Crippen molar-refractivity contribution in [2.24, 2.45) is 10.8 Å². The van der Waals surface area contributed by atoms with Gasteiger partial charge in [0.05, 0.1) is 18.8 Å². The Balaban J connectivity index is 1.86. The number of rotatable bonds is 0. The maximum absolute atomic E-state index is 10.3. The van der Waals surface area contributed by atoms with Crippen LogP contribution < -0.4 is 0 Å². The molecule has 2 aliphatic carbocycles. The lowest BCUT2D eigenvalue weighted by Gasteiger charge is -2.56. The Kier molecular flexibility index (Phi) is 1.92. The van der Waals surface area contributed by atoms with Gasteiger partial charge in [-0.05, 0) is 26.2 Å². The number of hydrogen-bond acceptors (Lipinski definition) is 3. The van der Waals surface area contributed by atoms with Gasteiger partial charge in [0, 0.05) is 10.8 Å². The lowest BCUT2D eigenvalue weighted by Crippen LogP contribution is -2.61. The molecule has 0 radical (unpaired) electrons. The molecule has 2 saturated heterocycles. The van der Waals surface area contributed by atoms with Crippen molar-refractivity contribution in [2.75, 3.05) is 6.61 Å². The average Bonchev–Trinajstić information content (AvgIpc) is 3.06. The second-order valence-corrected chi connectivity index (χ2v) is 7.19. The zero-order chi connectivity index (χ0) is 12.8. The Morgan fingerprint density at radius 1 is 1.39 bits per heavy atom. The average molecular weight is 250 g/mol. The SMILES string of the molecule is CC1=C[C@@H]2O[C@H]3[C@H](O)C[C@](C)(C34CO4)[C@]2(C)CC1. The largest absolute Gasteiger partial charge is 0.390 e. The van der Waals surface area contributed by atoms with Crippen molar-refractivity contribution >= 4 is 0 Å². The predicted octanol–water partition coefficient (Wildman–Crippen LogP) is 2.04. The molecule has 2 heterocycles. The molecular weight excluding hydrogens is 228 g/mol. The fraction of sp³-hybridized carbons (Fsp3) is 0.867. The van der Waals surface area contributed by atoms with E-state index in [1.807, 2.05) is 0 Å². The van der Waals surface area contributed by atoms with Crippen molar-refractivity contribution in [2.45, 2.75) is 63.9 Å². The zero-order valence-corrected chi connectivity index (χ0v) is 11.4. The number of aliphatic hydroxyl groups excluding tert-OH is 1. The van der Waals surface area contributed by atoms with Crippen LogP contribution in [0, 0.1) is 10.8 Å². The first-order valence-electron chi connectivity index (χ1n) is 7.08. The molecule has 6 atom stereocenters. The second-order valence-electron chi connectivity index (χ2n) is 7.19. The third-order valence-corrected chi connectivity index (χ3v) is 6.47. The summed E-state index contributed by atoms with van der Waals surface area (Å²) in [7, 11) is 0. The number of allylic oxidation sites excluding steroid dienone is 1. The summed E-state index contributed by atoms with van der Waals surface area (Å²) in [5.41, 5.74) is 1.36. The van der Waals surface area contributed by atoms with Crippen LogP contribution in [0.1, 0.15) is 40.0 Å². The lowest BCUT2D eigenvalue weighted by atomic mass is 9.53. The van der Waals surface area contributed by atoms with Crippen LogP contribution in [0.4, 0.5) is 0 Å². The number of aliphatic hydroxyl groups is 1. The van der Waals surface area contributed by atoms with E-state index in [4.69, 9.17) is 9.47 Å². The van der Waals surface area contributed by atoms with Crippen molar-refractivity contribution in [1.29, 1.82) is 0 Å². The minimum absolute atomic E-state index is 0.0458. The Hall–Kier alpha value is -0.380. The summed E-state index contributed by atoms with van der Waals surface area (Å²) in [4.78, 5) is 0. The highest BCUT2D eigenvalue weighted by Crippen LogP contribution is 2.71. The van der Waals surface area contributed by atoms with Crippen LogP contribution in [0.25, 0.3) is 0 Å². The van der Waals surface area contributed by atoms with E-state index in [0.717, 1.165) is 25.9 Å². The van der Waals surface area contributed by atoms with E-state index in [1.54, 1.807) is 0 Å². The summed E-state index contributed by atoms with van der Waals surface area (Å²) in [6.07, 6.45) is 5.04. The molecule has 1 spiro atoms. The molecule has 2 aliphatic heterocycles. The lowest BCUT2D eigenvalue weighted by molar-refractivity contribution is -0.197. The standard InChI is InChI=1S/C15H22O3/c1-9-4-5-13(2)11(6-9)18-12-10(16)7-14(13,3)15(12)8-17-15/h6,10-12,16H,4-5,7-8H2,1-3H3/t10-,11+,12+,13-,14+,15?/m1/s1. The topological polar surface area (TPSA) is 42.0 Å². The molecule has 2 bridgehead atoms. The van der Waals surface area contributed by atoms with Crippen LogP contribution in [0.2, 0.25) is 0 Å². The van der Waals surface area contributed by atoms with Crippen LogP contribution in [-0.2, 0) is 9.47 Å². The quantitative estimate of drug-likeness (QED) is 0.528. The summed E-state index contributed by atoms with van der Waals surface area (Å²) < 4.78 is 12.1. The van der Waals surface area contributed by atoms with Crippen LogP contribution in [0.5, 0.6) is 0 Å². The molecule has 0 aromatic rings. The van der Waals surface area contributed by atoms with E-state index in [0.29, 0.717) is 0 Å². The molecule has 4 aliphatic rings. The third kappa shape index (κ3) is 1.01. The highest BCUT2D eigenvalue weighted by atomic mass is 16.6. The molecule has 1 N–H and O–H groups in total. The summed E-state index contributed by atoms with van der Waals surface area (Å²) in [5.74, 6) is 0. The van der Waals surface area contributed by atoms with Crippen molar-refractivity contribution in [3.63, 3.8) is 0 Å². The van der Waals surface area contributed by atoms with Gasteiger partial charge >= 0.3 is 0 Å². The van der Waals surface area contributed by atoms with Gasteiger partial charge in [0.1, 0.15) is 11.7 Å². The molecule has 18 heavy (non-hydrogen) atoms. The highest BCUT2D eigenvalue weighted by molar-refractivity contribution is 5.31. The highest BCUT2D eigenvalue weighted by Gasteiger charge is 2.79.